The van der Waals surface area contributed by atoms with Crippen molar-refractivity contribution in [3.63, 3.8) is 0 Å². The lowest BCUT2D eigenvalue weighted by molar-refractivity contribution is -0.124. The molecule has 120 valence electrons. The van der Waals surface area contributed by atoms with Crippen LogP contribution in [0, 0.1) is 0 Å². The molecule has 0 saturated carbocycles. The van der Waals surface area contributed by atoms with E-state index in [2.05, 4.69) is 5.32 Å². The normalized spacial score (nSPS) is 10.2. The number of halogens is 2. The van der Waals surface area contributed by atoms with Gasteiger partial charge in [-0.2, -0.15) is 0 Å². The molecule has 2 aromatic rings. The average Bonchev–Trinajstić information content (AvgIpc) is 2.54. The number of esters is 1. The van der Waals surface area contributed by atoms with Crippen LogP contribution in [-0.2, 0) is 16.1 Å². The molecule has 0 heterocycles. The molecule has 0 spiro atoms. The van der Waals surface area contributed by atoms with Gasteiger partial charge in [0, 0.05) is 16.6 Å². The first-order chi connectivity index (χ1) is 11.0. The molecular weight excluding hydrogens is 341 g/mol. The molecule has 0 bridgehead atoms. The number of rotatable bonds is 5. The highest BCUT2D eigenvalue weighted by molar-refractivity contribution is 6.31. The first-order valence-corrected chi connectivity index (χ1v) is 7.38. The largest absolute Gasteiger partial charge is 0.507 e. The maximum absolute atomic E-state index is 11.8. The lowest BCUT2D eigenvalue weighted by atomic mass is 10.2. The minimum atomic E-state index is -0.827. The Hall–Kier alpha value is -2.24. The number of ether oxygens (including phenoxy) is 1. The van der Waals surface area contributed by atoms with E-state index in [1.807, 2.05) is 0 Å². The number of carbonyl (C=O) groups is 2. The number of phenols is 1. The first kappa shape index (κ1) is 17.1. The molecule has 5 nitrogen and oxygen atoms in total. The zero-order chi connectivity index (χ0) is 16.8. The first-order valence-electron chi connectivity index (χ1n) is 6.62. The van der Waals surface area contributed by atoms with E-state index in [-0.39, 0.29) is 22.9 Å². The van der Waals surface area contributed by atoms with E-state index in [0.29, 0.717) is 5.02 Å². The van der Waals surface area contributed by atoms with Crippen LogP contribution in [0.4, 0.5) is 0 Å². The molecule has 0 aliphatic carbocycles. The summed E-state index contributed by atoms with van der Waals surface area (Å²) in [5, 5.41) is 13.1. The van der Waals surface area contributed by atoms with Crippen molar-refractivity contribution in [1.29, 1.82) is 0 Å². The summed E-state index contributed by atoms with van der Waals surface area (Å²) in [7, 11) is 0. The van der Waals surface area contributed by atoms with Gasteiger partial charge in [0.15, 0.2) is 6.61 Å². The highest BCUT2D eigenvalue weighted by Crippen LogP contribution is 2.22. The van der Waals surface area contributed by atoms with Gasteiger partial charge in [-0.1, -0.05) is 35.3 Å². The summed E-state index contributed by atoms with van der Waals surface area (Å²) in [5.74, 6) is -1.55. The Balaban J connectivity index is 1.83. The SMILES string of the molecule is O=C(COC(=O)c1cc(Cl)ccc1O)NCc1ccc(Cl)cc1. The number of hydrogen-bond acceptors (Lipinski definition) is 4. The maximum Gasteiger partial charge on any atom is 0.342 e. The molecule has 0 unspecified atom stereocenters. The van der Waals surface area contributed by atoms with Crippen LogP contribution in [-0.4, -0.2) is 23.6 Å². The minimum absolute atomic E-state index is 0.0944. The van der Waals surface area contributed by atoms with Crippen LogP contribution in [0.5, 0.6) is 5.75 Å². The van der Waals surface area contributed by atoms with Crippen LogP contribution in [0.1, 0.15) is 15.9 Å². The van der Waals surface area contributed by atoms with Crippen molar-refractivity contribution in [2.24, 2.45) is 0 Å². The zero-order valence-corrected chi connectivity index (χ0v) is 13.4. The van der Waals surface area contributed by atoms with E-state index >= 15 is 0 Å². The molecule has 2 rings (SSSR count). The Bertz CT molecular complexity index is 717. The van der Waals surface area contributed by atoms with Crippen molar-refractivity contribution in [2.75, 3.05) is 6.61 Å². The Labute approximate surface area is 142 Å². The van der Waals surface area contributed by atoms with Gasteiger partial charge in [-0.25, -0.2) is 4.79 Å². The third-order valence-electron chi connectivity index (χ3n) is 2.92. The minimum Gasteiger partial charge on any atom is -0.507 e. The van der Waals surface area contributed by atoms with Crippen molar-refractivity contribution < 1.29 is 19.4 Å². The second kappa shape index (κ2) is 7.85. The standard InChI is InChI=1S/C16H13Cl2NO4/c17-11-3-1-10(2-4-11)8-19-15(21)9-23-16(22)13-7-12(18)5-6-14(13)20/h1-7,20H,8-9H2,(H,19,21). The molecular formula is C16H13Cl2NO4. The Morgan fingerprint density at radius 3 is 2.39 bits per heavy atom. The van der Waals surface area contributed by atoms with Gasteiger partial charge in [-0.05, 0) is 35.9 Å². The van der Waals surface area contributed by atoms with Gasteiger partial charge in [0.1, 0.15) is 11.3 Å². The number of benzene rings is 2. The molecule has 0 radical (unpaired) electrons. The highest BCUT2D eigenvalue weighted by atomic mass is 35.5. The molecule has 0 aliphatic heterocycles. The number of carbonyl (C=O) groups excluding carboxylic acids is 2. The van der Waals surface area contributed by atoms with Crippen molar-refractivity contribution in [3.8, 4) is 5.75 Å². The van der Waals surface area contributed by atoms with E-state index in [0.717, 1.165) is 5.56 Å². The third kappa shape index (κ3) is 5.16. The van der Waals surface area contributed by atoms with Crippen LogP contribution in [0.3, 0.4) is 0 Å². The molecule has 0 saturated heterocycles. The summed E-state index contributed by atoms with van der Waals surface area (Å²) in [5.41, 5.74) is 0.768. The summed E-state index contributed by atoms with van der Waals surface area (Å²) in [6.07, 6.45) is 0. The third-order valence-corrected chi connectivity index (χ3v) is 3.40. The van der Waals surface area contributed by atoms with Crippen molar-refractivity contribution in [3.05, 3.63) is 63.6 Å². The van der Waals surface area contributed by atoms with Gasteiger partial charge in [-0.3, -0.25) is 4.79 Å². The van der Waals surface area contributed by atoms with Crippen LogP contribution >= 0.6 is 23.2 Å². The van der Waals surface area contributed by atoms with Crippen molar-refractivity contribution >= 4 is 35.1 Å². The molecule has 1 amide bonds. The lowest BCUT2D eigenvalue weighted by Crippen LogP contribution is -2.28. The Kier molecular flexibility index (Phi) is 5.84. The fourth-order valence-corrected chi connectivity index (χ4v) is 2.03. The van der Waals surface area contributed by atoms with Gasteiger partial charge in [-0.15, -0.1) is 0 Å². The molecule has 0 atom stereocenters. The monoisotopic (exact) mass is 353 g/mol. The van der Waals surface area contributed by atoms with Crippen molar-refractivity contribution in [2.45, 2.75) is 6.54 Å². The predicted octanol–water partition coefficient (Wildman–Crippen LogP) is 3.17. The maximum atomic E-state index is 11.8. The summed E-state index contributed by atoms with van der Waals surface area (Å²) in [6, 6.07) is 11.0. The second-order valence-corrected chi connectivity index (χ2v) is 5.51. The molecule has 7 heteroatoms. The summed E-state index contributed by atoms with van der Waals surface area (Å²) in [4.78, 5) is 23.5. The van der Waals surface area contributed by atoms with Gasteiger partial charge in [0.2, 0.25) is 0 Å². The van der Waals surface area contributed by atoms with E-state index in [9.17, 15) is 14.7 Å². The molecule has 2 aromatic carbocycles. The predicted molar refractivity (Wildman–Crippen MR) is 86.7 cm³/mol. The number of hydrogen-bond donors (Lipinski definition) is 2. The quantitative estimate of drug-likeness (QED) is 0.809. The fourth-order valence-electron chi connectivity index (χ4n) is 1.73. The molecule has 2 N–H and O–H groups in total. The zero-order valence-electron chi connectivity index (χ0n) is 11.9. The van der Waals surface area contributed by atoms with E-state index in [4.69, 9.17) is 27.9 Å². The fraction of sp³-hybridized carbons (Fsp3) is 0.125. The van der Waals surface area contributed by atoms with E-state index in [1.54, 1.807) is 24.3 Å². The molecule has 0 aromatic heterocycles. The second-order valence-electron chi connectivity index (χ2n) is 4.64. The Morgan fingerprint density at radius 1 is 1.04 bits per heavy atom. The van der Waals surface area contributed by atoms with Gasteiger partial charge < -0.3 is 15.2 Å². The van der Waals surface area contributed by atoms with Crippen LogP contribution in [0.15, 0.2) is 42.5 Å². The number of aromatic hydroxyl groups is 1. The van der Waals surface area contributed by atoms with Crippen molar-refractivity contribution in [1.82, 2.24) is 5.32 Å². The summed E-state index contributed by atoms with van der Waals surface area (Å²) >= 11 is 11.5. The summed E-state index contributed by atoms with van der Waals surface area (Å²) in [6.45, 7) is -0.172. The topological polar surface area (TPSA) is 75.6 Å². The van der Waals surface area contributed by atoms with Crippen LogP contribution in [0.2, 0.25) is 10.0 Å². The molecule has 23 heavy (non-hydrogen) atoms. The van der Waals surface area contributed by atoms with Crippen LogP contribution in [0.25, 0.3) is 0 Å². The highest BCUT2D eigenvalue weighted by Gasteiger charge is 2.14. The smallest absolute Gasteiger partial charge is 0.342 e. The Morgan fingerprint density at radius 2 is 1.70 bits per heavy atom. The van der Waals surface area contributed by atoms with Gasteiger partial charge in [0.25, 0.3) is 5.91 Å². The van der Waals surface area contributed by atoms with Crippen LogP contribution < -0.4 is 5.32 Å². The van der Waals surface area contributed by atoms with E-state index in [1.165, 1.54) is 18.2 Å². The average molecular weight is 354 g/mol. The van der Waals surface area contributed by atoms with Gasteiger partial charge >= 0.3 is 5.97 Å². The number of nitrogens with one attached hydrogen (secondary N) is 1. The number of amides is 1. The lowest BCUT2D eigenvalue weighted by Gasteiger charge is -2.08. The molecule has 0 aliphatic rings. The van der Waals surface area contributed by atoms with E-state index < -0.39 is 18.5 Å². The molecule has 0 fully saturated rings. The number of phenolic OH excluding ortho intramolecular Hbond substituents is 1. The summed E-state index contributed by atoms with van der Waals surface area (Å²) < 4.78 is 4.84. The van der Waals surface area contributed by atoms with Gasteiger partial charge in [0.05, 0.1) is 0 Å².